The minimum Gasteiger partial charge on any atom is -0.493 e. The van der Waals surface area contributed by atoms with Crippen molar-refractivity contribution in [2.24, 2.45) is 10.9 Å². The summed E-state index contributed by atoms with van der Waals surface area (Å²) < 4.78 is 40.3. The van der Waals surface area contributed by atoms with Crippen LogP contribution < -0.4 is 10.1 Å². The van der Waals surface area contributed by atoms with E-state index >= 15 is 0 Å². The molecule has 11 heteroatoms. The van der Waals surface area contributed by atoms with Gasteiger partial charge in [0.1, 0.15) is 29.8 Å². The van der Waals surface area contributed by atoms with E-state index < -0.39 is 48.7 Å². The zero-order valence-electron chi connectivity index (χ0n) is 22.2. The number of nitrogens with one attached hydrogen (secondary N) is 1. The maximum absolute atomic E-state index is 13.5. The molecule has 0 heterocycles. The van der Waals surface area contributed by atoms with Crippen LogP contribution in [0.1, 0.15) is 41.5 Å². The van der Waals surface area contributed by atoms with Gasteiger partial charge in [0.2, 0.25) is 6.79 Å². The van der Waals surface area contributed by atoms with E-state index in [4.69, 9.17) is 23.7 Å². The number of benzene rings is 1. The summed E-state index contributed by atoms with van der Waals surface area (Å²) >= 11 is 0. The fourth-order valence-electron chi connectivity index (χ4n) is 3.17. The molecule has 0 fully saturated rings. The van der Waals surface area contributed by atoms with Gasteiger partial charge in [0.05, 0.1) is 7.11 Å². The molecular formula is C26H35FN2O8. The second-order valence-corrected chi connectivity index (χ2v) is 8.21. The van der Waals surface area contributed by atoms with Gasteiger partial charge in [-0.05, 0) is 51.6 Å². The number of rotatable bonds is 14. The van der Waals surface area contributed by atoms with Gasteiger partial charge in [-0.1, -0.05) is 19.9 Å². The van der Waals surface area contributed by atoms with E-state index in [-0.39, 0.29) is 23.1 Å². The van der Waals surface area contributed by atoms with Crippen molar-refractivity contribution in [1.82, 2.24) is 5.32 Å². The second-order valence-electron chi connectivity index (χ2n) is 8.21. The highest BCUT2D eigenvalue weighted by Gasteiger charge is 2.30. The molecule has 0 aliphatic carbocycles. The summed E-state index contributed by atoms with van der Waals surface area (Å²) in [5.41, 5.74) is -0.301. The molecule has 37 heavy (non-hydrogen) atoms. The first-order valence-electron chi connectivity index (χ1n) is 11.6. The molecule has 0 saturated heterocycles. The number of allylic oxidation sites excluding steroid dienone is 1. The van der Waals surface area contributed by atoms with Gasteiger partial charge in [-0.15, -0.1) is 0 Å². The van der Waals surface area contributed by atoms with Crippen LogP contribution in [-0.4, -0.2) is 56.7 Å². The van der Waals surface area contributed by atoms with Crippen LogP contribution >= 0.6 is 0 Å². The van der Waals surface area contributed by atoms with Crippen LogP contribution in [0, 0.1) is 11.7 Å². The Morgan fingerprint density at radius 2 is 1.84 bits per heavy atom. The first-order valence-corrected chi connectivity index (χ1v) is 11.6. The van der Waals surface area contributed by atoms with Crippen LogP contribution in [0.2, 0.25) is 0 Å². The third-order valence-electron chi connectivity index (χ3n) is 4.95. The lowest BCUT2D eigenvalue weighted by atomic mass is 10.0. The van der Waals surface area contributed by atoms with E-state index in [1.807, 2.05) is 13.8 Å². The van der Waals surface area contributed by atoms with Crippen molar-refractivity contribution in [3.63, 3.8) is 0 Å². The molecular weight excluding hydrogens is 487 g/mol. The summed E-state index contributed by atoms with van der Waals surface area (Å²) in [4.78, 5) is 40.6. The Hall–Kier alpha value is -3.89. The number of hydrogen-bond acceptors (Lipinski definition) is 9. The average Bonchev–Trinajstić information content (AvgIpc) is 2.82. The van der Waals surface area contributed by atoms with Crippen molar-refractivity contribution in [1.29, 1.82) is 0 Å². The van der Waals surface area contributed by atoms with Crippen molar-refractivity contribution in [3.8, 4) is 5.75 Å². The first-order chi connectivity index (χ1) is 17.4. The molecule has 3 atom stereocenters. The maximum Gasteiger partial charge on any atom is 0.328 e. The zero-order chi connectivity index (χ0) is 28.1. The lowest BCUT2D eigenvalue weighted by Crippen LogP contribution is -2.45. The lowest BCUT2D eigenvalue weighted by molar-refractivity contribution is -0.159. The van der Waals surface area contributed by atoms with Crippen molar-refractivity contribution in [2.45, 2.75) is 59.8 Å². The van der Waals surface area contributed by atoms with Crippen molar-refractivity contribution in [3.05, 3.63) is 53.4 Å². The SMILES string of the molecule is C=N/C(C(=O)N[C@@H](C)C(=O)O[C@H](C(C)C)[C@H](C)Oc1cccc(F)c1)=C(OCOC(C)=O)\C(=C/C)OC. The molecule has 10 nitrogen and oxygen atoms in total. The van der Waals surface area contributed by atoms with Crippen LogP contribution in [0.25, 0.3) is 0 Å². The molecule has 0 bridgehead atoms. The molecule has 1 N–H and O–H groups in total. The average molecular weight is 523 g/mol. The standard InChI is InChI=1S/C26H35FN2O8/c1-9-21(33-8)24(35-14-34-18(6)30)22(28-7)25(31)29-16(4)26(32)37-23(15(2)3)17(5)36-20-12-10-11-19(27)13-20/h9-13,15-17,23H,7,14H2,1-6,8H3,(H,29,31)/b21-9+,24-22+/t16-,17-,23+/m0/s1. The molecule has 1 amide bonds. The van der Waals surface area contributed by atoms with Crippen LogP contribution in [0.4, 0.5) is 4.39 Å². The summed E-state index contributed by atoms with van der Waals surface area (Å²) in [6.07, 6.45) is 0.194. The van der Waals surface area contributed by atoms with E-state index in [0.29, 0.717) is 5.75 Å². The summed E-state index contributed by atoms with van der Waals surface area (Å²) in [6, 6.07) is 4.53. The number of methoxy groups -OCH3 is 1. The van der Waals surface area contributed by atoms with Gasteiger partial charge in [-0.25, -0.2) is 9.18 Å². The molecule has 0 spiro atoms. The quantitative estimate of drug-likeness (QED) is 0.0981. The molecule has 0 unspecified atom stereocenters. The second kappa shape index (κ2) is 15.3. The lowest BCUT2D eigenvalue weighted by Gasteiger charge is -2.29. The number of hydrogen-bond donors (Lipinski definition) is 1. The highest BCUT2D eigenvalue weighted by atomic mass is 19.1. The van der Waals surface area contributed by atoms with E-state index in [0.717, 1.165) is 0 Å². The molecule has 1 aromatic carbocycles. The van der Waals surface area contributed by atoms with E-state index in [2.05, 4.69) is 17.0 Å². The number of carbonyl (C=O) groups is 3. The smallest absolute Gasteiger partial charge is 0.328 e. The van der Waals surface area contributed by atoms with Gasteiger partial charge in [-0.3, -0.25) is 14.6 Å². The molecule has 1 rings (SSSR count). The maximum atomic E-state index is 13.5. The van der Waals surface area contributed by atoms with Crippen molar-refractivity contribution < 1.29 is 42.5 Å². The number of halogens is 1. The highest BCUT2D eigenvalue weighted by Crippen LogP contribution is 2.21. The third kappa shape index (κ3) is 9.94. The van der Waals surface area contributed by atoms with Crippen LogP contribution in [-0.2, 0) is 33.3 Å². The van der Waals surface area contributed by atoms with Crippen molar-refractivity contribution >= 4 is 24.6 Å². The molecule has 1 aromatic rings. The molecule has 0 aliphatic rings. The Kier molecular flexibility index (Phi) is 12.9. The summed E-state index contributed by atoms with van der Waals surface area (Å²) in [6.45, 7) is 12.5. The van der Waals surface area contributed by atoms with E-state index in [1.54, 1.807) is 19.9 Å². The Bertz CT molecular complexity index is 1020. The van der Waals surface area contributed by atoms with E-state index in [1.165, 1.54) is 45.2 Å². The minimum absolute atomic E-state index is 0.128. The number of amides is 1. The van der Waals surface area contributed by atoms with Crippen molar-refractivity contribution in [2.75, 3.05) is 13.9 Å². The van der Waals surface area contributed by atoms with Gasteiger partial charge in [0, 0.05) is 13.0 Å². The monoisotopic (exact) mass is 522 g/mol. The van der Waals surface area contributed by atoms with Gasteiger partial charge >= 0.3 is 11.9 Å². The molecule has 0 aliphatic heterocycles. The Morgan fingerprint density at radius 1 is 1.16 bits per heavy atom. The van der Waals surface area contributed by atoms with Gasteiger partial charge < -0.3 is 29.0 Å². The van der Waals surface area contributed by atoms with Crippen LogP contribution in [0.15, 0.2) is 52.5 Å². The minimum atomic E-state index is -1.10. The summed E-state index contributed by atoms with van der Waals surface area (Å²) in [7, 11) is 1.35. The number of nitrogens with zero attached hydrogens (tertiary/aromatic N) is 1. The fraction of sp³-hybridized carbons (Fsp3) is 0.462. The van der Waals surface area contributed by atoms with Crippen LogP contribution in [0.3, 0.4) is 0 Å². The Labute approximate surface area is 216 Å². The van der Waals surface area contributed by atoms with Gasteiger partial charge in [0.15, 0.2) is 17.2 Å². The molecule has 0 radical (unpaired) electrons. The molecule has 0 aromatic heterocycles. The number of aliphatic imine (C=N–C) groups is 1. The van der Waals surface area contributed by atoms with E-state index in [9.17, 15) is 18.8 Å². The first kappa shape index (κ1) is 31.1. The van der Waals surface area contributed by atoms with Gasteiger partial charge in [0.25, 0.3) is 5.91 Å². The number of esters is 2. The topological polar surface area (TPSA) is 122 Å². The van der Waals surface area contributed by atoms with Gasteiger partial charge in [-0.2, -0.15) is 0 Å². The predicted octanol–water partition coefficient (Wildman–Crippen LogP) is 3.67. The number of carbonyl (C=O) groups excluding carboxylic acids is 3. The third-order valence-corrected chi connectivity index (χ3v) is 4.95. The largest absolute Gasteiger partial charge is 0.493 e. The fourth-order valence-corrected chi connectivity index (χ4v) is 3.17. The Morgan fingerprint density at radius 3 is 2.35 bits per heavy atom. The molecule has 0 saturated carbocycles. The van der Waals surface area contributed by atoms with Crippen LogP contribution in [0.5, 0.6) is 5.75 Å². The summed E-state index contributed by atoms with van der Waals surface area (Å²) in [5.74, 6) is -2.46. The zero-order valence-corrected chi connectivity index (χ0v) is 22.2. The highest BCUT2D eigenvalue weighted by molar-refractivity contribution is 5.97. The predicted molar refractivity (Wildman–Crippen MR) is 134 cm³/mol. The molecule has 204 valence electrons. The normalized spacial score (nSPS) is 14.5. The summed E-state index contributed by atoms with van der Waals surface area (Å²) in [5, 5.41) is 2.49. The number of ether oxygens (including phenoxy) is 5. The Balaban J connectivity index is 3.02.